The number of hydrogen-bond donors (Lipinski definition) is 1. The molecule has 1 N–H and O–H groups in total. The first-order chi connectivity index (χ1) is 11.7. The van der Waals surface area contributed by atoms with Gasteiger partial charge < -0.3 is 9.88 Å². The number of carbonyl (C=O) groups is 1. The van der Waals surface area contributed by atoms with Gasteiger partial charge in [0.15, 0.2) is 0 Å². The molecule has 24 heavy (non-hydrogen) atoms. The number of benzene rings is 1. The summed E-state index contributed by atoms with van der Waals surface area (Å²) in [6.45, 7) is 4.47. The molecule has 4 heteroatoms. The SMILES string of the molecule is C=CCn1cc(/C=C(/C#N)C(=O)NC2CCCC2)c2ccccc21. The van der Waals surface area contributed by atoms with Crippen LogP contribution in [0.15, 0.2) is 48.7 Å². The number of nitrogens with one attached hydrogen (secondary N) is 1. The van der Waals surface area contributed by atoms with Crippen LogP contribution in [-0.2, 0) is 11.3 Å². The molecule has 2 aromatic rings. The van der Waals surface area contributed by atoms with Crippen molar-refractivity contribution >= 4 is 22.9 Å². The lowest BCUT2D eigenvalue weighted by molar-refractivity contribution is -0.117. The van der Waals surface area contributed by atoms with E-state index in [1.165, 1.54) is 0 Å². The third-order valence-corrected chi connectivity index (χ3v) is 4.50. The van der Waals surface area contributed by atoms with Crippen molar-refractivity contribution in [1.29, 1.82) is 5.26 Å². The molecule has 122 valence electrons. The van der Waals surface area contributed by atoms with Gasteiger partial charge in [-0.25, -0.2) is 0 Å². The molecule has 0 radical (unpaired) electrons. The summed E-state index contributed by atoms with van der Waals surface area (Å²) in [6.07, 6.45) is 9.78. The van der Waals surface area contributed by atoms with Crippen LogP contribution in [0.1, 0.15) is 31.2 Å². The van der Waals surface area contributed by atoms with Crippen molar-refractivity contribution in [2.75, 3.05) is 0 Å². The number of fused-ring (bicyclic) bond motifs is 1. The Balaban J connectivity index is 1.93. The number of para-hydroxylation sites is 1. The van der Waals surface area contributed by atoms with E-state index >= 15 is 0 Å². The van der Waals surface area contributed by atoms with Gasteiger partial charge in [-0.2, -0.15) is 5.26 Å². The Morgan fingerprint density at radius 3 is 2.83 bits per heavy atom. The summed E-state index contributed by atoms with van der Waals surface area (Å²) < 4.78 is 2.07. The zero-order valence-corrected chi connectivity index (χ0v) is 13.7. The molecule has 1 aliphatic rings. The van der Waals surface area contributed by atoms with Gasteiger partial charge in [-0.3, -0.25) is 4.79 Å². The van der Waals surface area contributed by atoms with Crippen LogP contribution < -0.4 is 5.32 Å². The maximum Gasteiger partial charge on any atom is 0.262 e. The summed E-state index contributed by atoms with van der Waals surface area (Å²) in [5.74, 6) is -0.273. The molecule has 0 spiro atoms. The number of nitrogens with zero attached hydrogens (tertiary/aromatic N) is 2. The largest absolute Gasteiger partial charge is 0.349 e. The normalized spacial score (nSPS) is 15.4. The summed E-state index contributed by atoms with van der Waals surface area (Å²) in [7, 11) is 0. The van der Waals surface area contributed by atoms with E-state index in [9.17, 15) is 10.1 Å². The van der Waals surface area contributed by atoms with Gasteiger partial charge in [-0.05, 0) is 25.0 Å². The molecule has 0 saturated heterocycles. The van der Waals surface area contributed by atoms with Crippen LogP contribution in [0, 0.1) is 11.3 Å². The lowest BCUT2D eigenvalue weighted by Crippen LogP contribution is -2.33. The standard InChI is InChI=1S/C20H21N3O/c1-2-11-23-14-16(18-9-5-6-10-19(18)23)12-15(13-21)20(24)22-17-7-3-4-8-17/h2,5-6,9-10,12,14,17H,1,3-4,7-8,11H2,(H,22,24)/b15-12-. The van der Waals surface area contributed by atoms with Gasteiger partial charge in [0.1, 0.15) is 11.6 Å². The Bertz CT molecular complexity index is 832. The van der Waals surface area contributed by atoms with Gasteiger partial charge in [0.2, 0.25) is 0 Å². The van der Waals surface area contributed by atoms with E-state index in [2.05, 4.69) is 16.5 Å². The van der Waals surface area contributed by atoms with E-state index in [-0.39, 0.29) is 17.5 Å². The highest BCUT2D eigenvalue weighted by Gasteiger charge is 2.19. The van der Waals surface area contributed by atoms with Crippen LogP contribution in [0.4, 0.5) is 0 Å². The second kappa shape index (κ2) is 7.18. The number of allylic oxidation sites excluding steroid dienone is 1. The molecule has 0 atom stereocenters. The second-order valence-corrected chi connectivity index (χ2v) is 6.17. The number of aromatic nitrogens is 1. The van der Waals surface area contributed by atoms with Crippen molar-refractivity contribution in [2.45, 2.75) is 38.3 Å². The Morgan fingerprint density at radius 1 is 1.38 bits per heavy atom. The molecule has 1 fully saturated rings. The van der Waals surface area contributed by atoms with Gasteiger partial charge in [-0.1, -0.05) is 37.1 Å². The first-order valence-corrected chi connectivity index (χ1v) is 8.34. The van der Waals surface area contributed by atoms with Crippen molar-refractivity contribution in [3.05, 3.63) is 54.3 Å². The number of nitriles is 1. The van der Waals surface area contributed by atoms with Gasteiger partial charge >= 0.3 is 0 Å². The summed E-state index contributed by atoms with van der Waals surface area (Å²) >= 11 is 0. The predicted molar refractivity (Wildman–Crippen MR) is 96.1 cm³/mol. The van der Waals surface area contributed by atoms with Crippen molar-refractivity contribution in [3.63, 3.8) is 0 Å². The molecule has 0 unspecified atom stereocenters. The highest BCUT2D eigenvalue weighted by atomic mass is 16.1. The van der Waals surface area contributed by atoms with Crippen LogP contribution in [0.25, 0.3) is 17.0 Å². The van der Waals surface area contributed by atoms with Crippen LogP contribution in [0.3, 0.4) is 0 Å². The Morgan fingerprint density at radius 2 is 2.12 bits per heavy atom. The van der Waals surface area contributed by atoms with Gasteiger partial charge in [0.05, 0.1) is 0 Å². The number of carbonyl (C=O) groups excluding carboxylic acids is 1. The van der Waals surface area contributed by atoms with E-state index in [0.717, 1.165) is 42.1 Å². The molecule has 0 aliphatic heterocycles. The molecule has 0 bridgehead atoms. The minimum atomic E-state index is -0.273. The number of amides is 1. The first kappa shape index (κ1) is 16.1. The van der Waals surface area contributed by atoms with Crippen LogP contribution in [0.5, 0.6) is 0 Å². The van der Waals surface area contributed by atoms with Gasteiger partial charge in [-0.15, -0.1) is 6.58 Å². The van der Waals surface area contributed by atoms with E-state index in [4.69, 9.17) is 0 Å². The minimum absolute atomic E-state index is 0.156. The monoisotopic (exact) mass is 319 g/mol. The maximum atomic E-state index is 12.4. The third-order valence-electron chi connectivity index (χ3n) is 4.50. The fourth-order valence-corrected chi connectivity index (χ4v) is 3.32. The lowest BCUT2D eigenvalue weighted by Gasteiger charge is -2.10. The van der Waals surface area contributed by atoms with Crippen molar-refractivity contribution in [3.8, 4) is 6.07 Å². The fourth-order valence-electron chi connectivity index (χ4n) is 3.32. The highest BCUT2D eigenvalue weighted by molar-refractivity contribution is 6.04. The maximum absolute atomic E-state index is 12.4. The van der Waals surface area contributed by atoms with Gasteiger partial charge in [0, 0.05) is 35.2 Å². The van der Waals surface area contributed by atoms with Crippen molar-refractivity contribution in [1.82, 2.24) is 9.88 Å². The zero-order chi connectivity index (χ0) is 16.9. The molecular formula is C20H21N3O. The Hall–Kier alpha value is -2.80. The van der Waals surface area contributed by atoms with Crippen molar-refractivity contribution in [2.24, 2.45) is 0 Å². The molecule has 1 saturated carbocycles. The zero-order valence-electron chi connectivity index (χ0n) is 13.7. The molecular weight excluding hydrogens is 298 g/mol. The minimum Gasteiger partial charge on any atom is -0.349 e. The quantitative estimate of drug-likeness (QED) is 0.518. The lowest BCUT2D eigenvalue weighted by atomic mass is 10.1. The topological polar surface area (TPSA) is 57.8 Å². The van der Waals surface area contributed by atoms with Gasteiger partial charge in [0.25, 0.3) is 5.91 Å². The summed E-state index contributed by atoms with van der Waals surface area (Å²) in [4.78, 5) is 12.4. The third kappa shape index (κ3) is 3.26. The average Bonchev–Trinajstić information content (AvgIpc) is 3.21. The second-order valence-electron chi connectivity index (χ2n) is 6.17. The van der Waals surface area contributed by atoms with E-state index in [0.29, 0.717) is 6.54 Å². The first-order valence-electron chi connectivity index (χ1n) is 8.34. The summed E-state index contributed by atoms with van der Waals surface area (Å²) in [6, 6.07) is 10.2. The van der Waals surface area contributed by atoms with E-state index in [1.54, 1.807) is 6.08 Å². The van der Waals surface area contributed by atoms with E-state index in [1.807, 2.05) is 42.6 Å². The Labute approximate surface area is 142 Å². The van der Waals surface area contributed by atoms with Crippen LogP contribution in [-0.4, -0.2) is 16.5 Å². The smallest absolute Gasteiger partial charge is 0.262 e. The highest BCUT2D eigenvalue weighted by Crippen LogP contribution is 2.24. The fraction of sp³-hybridized carbons (Fsp3) is 0.300. The molecule has 4 nitrogen and oxygen atoms in total. The molecule has 1 heterocycles. The van der Waals surface area contributed by atoms with Crippen molar-refractivity contribution < 1.29 is 4.79 Å². The average molecular weight is 319 g/mol. The molecule has 1 aromatic heterocycles. The van der Waals surface area contributed by atoms with Crippen LogP contribution in [0.2, 0.25) is 0 Å². The molecule has 1 aliphatic carbocycles. The Kier molecular flexibility index (Phi) is 4.81. The molecule has 3 rings (SSSR count). The number of hydrogen-bond acceptors (Lipinski definition) is 2. The summed E-state index contributed by atoms with van der Waals surface area (Å²) in [5.41, 5.74) is 2.10. The van der Waals surface area contributed by atoms with Crippen LogP contribution >= 0.6 is 0 Å². The van der Waals surface area contributed by atoms with E-state index < -0.39 is 0 Å². The number of rotatable bonds is 5. The summed E-state index contributed by atoms with van der Waals surface area (Å²) in [5, 5.41) is 13.4. The molecule has 1 amide bonds. The predicted octanol–water partition coefficient (Wildman–Crippen LogP) is 3.79. The molecule has 1 aromatic carbocycles.